The second kappa shape index (κ2) is 5.88. The van der Waals surface area contributed by atoms with Gasteiger partial charge in [-0.3, -0.25) is 9.59 Å². The van der Waals surface area contributed by atoms with Gasteiger partial charge in [-0.2, -0.15) is 0 Å². The van der Waals surface area contributed by atoms with Gasteiger partial charge in [-0.25, -0.2) is 4.39 Å². The number of rotatable bonds is 1. The van der Waals surface area contributed by atoms with Crippen molar-refractivity contribution in [3.8, 4) is 5.75 Å². The Kier molecular flexibility index (Phi) is 3.67. The molecule has 25 heavy (non-hydrogen) atoms. The van der Waals surface area contributed by atoms with Crippen molar-refractivity contribution < 1.29 is 18.7 Å². The van der Waals surface area contributed by atoms with E-state index in [1.807, 2.05) is 24.3 Å². The molecule has 0 saturated carbocycles. The van der Waals surface area contributed by atoms with Crippen LogP contribution in [0, 0.1) is 5.82 Å². The number of hydrogen-bond donors (Lipinski definition) is 0. The van der Waals surface area contributed by atoms with E-state index in [-0.39, 0.29) is 17.9 Å². The number of fused-ring (bicyclic) bond motifs is 3. The van der Waals surface area contributed by atoms with Gasteiger partial charge < -0.3 is 14.5 Å². The van der Waals surface area contributed by atoms with E-state index in [2.05, 4.69) is 0 Å². The minimum atomic E-state index is -0.582. The molecule has 2 aromatic carbocycles. The van der Waals surface area contributed by atoms with Gasteiger partial charge in [-0.05, 0) is 36.4 Å². The van der Waals surface area contributed by atoms with Gasteiger partial charge in [0.2, 0.25) is 5.91 Å². The fourth-order valence-electron chi connectivity index (χ4n) is 3.46. The molecule has 2 heterocycles. The molecule has 0 radical (unpaired) electrons. The van der Waals surface area contributed by atoms with E-state index in [1.165, 1.54) is 34.1 Å². The third-order valence-electron chi connectivity index (χ3n) is 4.75. The number of halogens is 1. The predicted octanol–water partition coefficient (Wildman–Crippen LogP) is 2.46. The van der Waals surface area contributed by atoms with Crippen LogP contribution in [0.1, 0.15) is 16.8 Å². The summed E-state index contributed by atoms with van der Waals surface area (Å²) in [6.07, 6.45) is 0.206. The van der Waals surface area contributed by atoms with Gasteiger partial charge in [0.15, 0.2) is 0 Å². The maximum absolute atomic E-state index is 13.1. The Bertz CT molecular complexity index is 837. The molecule has 1 fully saturated rings. The van der Waals surface area contributed by atoms with Crippen LogP contribution in [-0.2, 0) is 4.79 Å². The zero-order valence-electron chi connectivity index (χ0n) is 13.7. The Hall–Kier alpha value is -2.89. The number of carbonyl (C=O) groups is 2. The normalized spacial score (nSPS) is 22.1. The highest BCUT2D eigenvalue weighted by molar-refractivity contribution is 6.03. The van der Waals surface area contributed by atoms with E-state index in [0.717, 1.165) is 0 Å². The van der Waals surface area contributed by atoms with Crippen LogP contribution in [0.2, 0.25) is 0 Å². The Morgan fingerprint density at radius 1 is 1.16 bits per heavy atom. The third kappa shape index (κ3) is 2.63. The second-order valence-corrected chi connectivity index (χ2v) is 6.32. The lowest BCUT2D eigenvalue weighted by Crippen LogP contribution is -2.46. The third-order valence-corrected chi connectivity index (χ3v) is 4.75. The van der Waals surface area contributed by atoms with E-state index >= 15 is 0 Å². The van der Waals surface area contributed by atoms with Crippen LogP contribution in [0.4, 0.5) is 10.1 Å². The lowest BCUT2D eigenvalue weighted by atomic mass is 10.1. The Labute approximate surface area is 144 Å². The first-order chi connectivity index (χ1) is 12.0. The zero-order chi connectivity index (χ0) is 17.6. The molecule has 0 aromatic heterocycles. The number of anilines is 1. The molecule has 2 aliphatic heterocycles. The minimum Gasteiger partial charge on any atom is -0.486 e. The standard InChI is InChI=1S/C19H17FN2O3/c1-21-15-4-2-3-5-17(15)25-14-10-16(19(21)24)22(11-14)18(23)12-6-8-13(20)9-7-12/h2-9,14,16H,10-11H2,1H3. The summed E-state index contributed by atoms with van der Waals surface area (Å²) in [5, 5.41) is 0. The van der Waals surface area contributed by atoms with Gasteiger partial charge >= 0.3 is 0 Å². The van der Waals surface area contributed by atoms with E-state index in [4.69, 9.17) is 4.74 Å². The van der Waals surface area contributed by atoms with Crippen molar-refractivity contribution in [3.05, 3.63) is 59.9 Å². The van der Waals surface area contributed by atoms with Crippen molar-refractivity contribution in [1.82, 2.24) is 4.90 Å². The minimum absolute atomic E-state index is 0.145. The number of benzene rings is 2. The zero-order valence-corrected chi connectivity index (χ0v) is 13.7. The molecule has 2 aliphatic rings. The largest absolute Gasteiger partial charge is 0.486 e. The smallest absolute Gasteiger partial charge is 0.254 e. The number of para-hydroxylation sites is 2. The van der Waals surface area contributed by atoms with Crippen LogP contribution >= 0.6 is 0 Å². The fraction of sp³-hybridized carbons (Fsp3) is 0.263. The number of carbonyl (C=O) groups excluding carboxylic acids is 2. The Morgan fingerprint density at radius 2 is 1.88 bits per heavy atom. The van der Waals surface area contributed by atoms with E-state index < -0.39 is 11.9 Å². The molecule has 0 spiro atoms. The molecule has 5 nitrogen and oxygen atoms in total. The summed E-state index contributed by atoms with van der Waals surface area (Å²) < 4.78 is 19.1. The molecule has 4 rings (SSSR count). The summed E-state index contributed by atoms with van der Waals surface area (Å²) >= 11 is 0. The van der Waals surface area contributed by atoms with Crippen LogP contribution in [0.25, 0.3) is 0 Å². The summed E-state index contributed by atoms with van der Waals surface area (Å²) in [5.74, 6) is -0.199. The topological polar surface area (TPSA) is 49.9 Å². The highest BCUT2D eigenvalue weighted by Gasteiger charge is 2.44. The molecule has 0 aliphatic carbocycles. The van der Waals surface area contributed by atoms with E-state index in [0.29, 0.717) is 30.0 Å². The molecule has 6 heteroatoms. The molecule has 2 atom stereocenters. The first-order valence-electron chi connectivity index (χ1n) is 8.14. The van der Waals surface area contributed by atoms with Crippen molar-refractivity contribution in [3.63, 3.8) is 0 Å². The van der Waals surface area contributed by atoms with Crippen LogP contribution in [0.3, 0.4) is 0 Å². The number of hydrogen-bond acceptors (Lipinski definition) is 3. The van der Waals surface area contributed by atoms with Gasteiger partial charge in [0.1, 0.15) is 23.7 Å². The monoisotopic (exact) mass is 340 g/mol. The number of amides is 2. The van der Waals surface area contributed by atoms with Crippen molar-refractivity contribution in [2.24, 2.45) is 0 Å². The Morgan fingerprint density at radius 3 is 2.64 bits per heavy atom. The molecule has 2 unspecified atom stereocenters. The van der Waals surface area contributed by atoms with E-state index in [9.17, 15) is 14.0 Å². The Balaban J connectivity index is 1.67. The van der Waals surface area contributed by atoms with Crippen molar-refractivity contribution in [2.75, 3.05) is 18.5 Å². The molecule has 2 aromatic rings. The summed E-state index contributed by atoms with van der Waals surface area (Å²) in [5.41, 5.74) is 1.05. The molecule has 128 valence electrons. The highest BCUT2D eigenvalue weighted by atomic mass is 19.1. The van der Waals surface area contributed by atoms with Crippen LogP contribution in [0.15, 0.2) is 48.5 Å². The SMILES string of the molecule is CN1C(=O)C2CC(CN2C(=O)c2ccc(F)cc2)Oc2ccccc21. The number of likely N-dealkylation sites (tertiary alicyclic amines) is 1. The van der Waals surface area contributed by atoms with Crippen LogP contribution < -0.4 is 9.64 Å². The van der Waals surface area contributed by atoms with Gasteiger partial charge in [-0.15, -0.1) is 0 Å². The van der Waals surface area contributed by atoms with Gasteiger partial charge in [-0.1, -0.05) is 12.1 Å². The summed E-state index contributed by atoms with van der Waals surface area (Å²) in [4.78, 5) is 28.8. The van der Waals surface area contributed by atoms with Crippen LogP contribution in [0.5, 0.6) is 5.75 Å². The summed E-state index contributed by atoms with van der Waals surface area (Å²) in [6.45, 7) is 0.328. The van der Waals surface area contributed by atoms with Gasteiger partial charge in [0, 0.05) is 19.0 Å². The summed E-state index contributed by atoms with van der Waals surface area (Å²) in [6, 6.07) is 12.1. The van der Waals surface area contributed by atoms with E-state index in [1.54, 1.807) is 7.05 Å². The summed E-state index contributed by atoms with van der Waals surface area (Å²) in [7, 11) is 1.68. The van der Waals surface area contributed by atoms with Gasteiger partial charge in [0.25, 0.3) is 5.91 Å². The fourth-order valence-corrected chi connectivity index (χ4v) is 3.46. The highest BCUT2D eigenvalue weighted by Crippen LogP contribution is 2.35. The number of nitrogens with zero attached hydrogens (tertiary/aromatic N) is 2. The number of ether oxygens (including phenoxy) is 1. The van der Waals surface area contributed by atoms with Crippen molar-refractivity contribution >= 4 is 17.5 Å². The molecule has 1 saturated heterocycles. The molecule has 0 N–H and O–H groups in total. The number of likely N-dealkylation sites (N-methyl/N-ethyl adjacent to an activating group) is 1. The molecular formula is C19H17FN2O3. The average molecular weight is 340 g/mol. The second-order valence-electron chi connectivity index (χ2n) is 6.32. The molecular weight excluding hydrogens is 323 g/mol. The lowest BCUT2D eigenvalue weighted by Gasteiger charge is -2.29. The van der Waals surface area contributed by atoms with Crippen LogP contribution in [-0.4, -0.2) is 42.5 Å². The first-order valence-corrected chi connectivity index (χ1v) is 8.14. The first kappa shape index (κ1) is 15.6. The maximum atomic E-state index is 13.1. The lowest BCUT2D eigenvalue weighted by molar-refractivity contribution is -0.122. The van der Waals surface area contributed by atoms with Gasteiger partial charge in [0.05, 0.1) is 12.2 Å². The molecule has 2 bridgehead atoms. The maximum Gasteiger partial charge on any atom is 0.254 e. The predicted molar refractivity (Wildman–Crippen MR) is 90.1 cm³/mol. The average Bonchev–Trinajstić information content (AvgIpc) is 3.05. The van der Waals surface area contributed by atoms with Crippen molar-refractivity contribution in [2.45, 2.75) is 18.6 Å². The molecule has 2 amide bonds. The quantitative estimate of drug-likeness (QED) is 0.801. The van der Waals surface area contributed by atoms with Crippen molar-refractivity contribution in [1.29, 1.82) is 0 Å².